The third kappa shape index (κ3) is 9.91. The highest BCUT2D eigenvalue weighted by atomic mass is 19.1. The standard InChI is InChI=1S/C17H29FN4O8/c18-9-13(23)17(30)22-7-5-20(11-15(26)27)3-1-19(10-14(24)25)2-4-21(6-8-22)12-16(28)29/h13,23H,1-12H2,(H,24,25)(H,26,27)(H,28,29). The minimum Gasteiger partial charge on any atom is -0.480 e. The van der Waals surface area contributed by atoms with Gasteiger partial charge in [-0.3, -0.25) is 33.9 Å². The van der Waals surface area contributed by atoms with E-state index in [4.69, 9.17) is 15.3 Å². The van der Waals surface area contributed by atoms with Crippen molar-refractivity contribution in [3.8, 4) is 0 Å². The summed E-state index contributed by atoms with van der Waals surface area (Å²) >= 11 is 0. The van der Waals surface area contributed by atoms with Crippen molar-refractivity contribution in [2.24, 2.45) is 0 Å². The van der Waals surface area contributed by atoms with Gasteiger partial charge in [0.2, 0.25) is 0 Å². The molecule has 0 aliphatic carbocycles. The van der Waals surface area contributed by atoms with Gasteiger partial charge in [0.1, 0.15) is 6.67 Å². The molecule has 4 N–H and O–H groups in total. The maximum atomic E-state index is 12.8. The second-order valence-corrected chi connectivity index (χ2v) is 7.01. The Balaban J connectivity index is 3.01. The molecule has 1 heterocycles. The summed E-state index contributed by atoms with van der Waals surface area (Å²) in [5, 5.41) is 36.9. The molecular weight excluding hydrogens is 407 g/mol. The van der Waals surface area contributed by atoms with Gasteiger partial charge in [0.05, 0.1) is 19.6 Å². The molecule has 0 saturated carbocycles. The fraction of sp³-hybridized carbons (Fsp3) is 0.765. The number of aliphatic hydroxyl groups is 1. The molecule has 0 radical (unpaired) electrons. The number of halogens is 1. The van der Waals surface area contributed by atoms with E-state index in [0.717, 1.165) is 0 Å². The molecule has 172 valence electrons. The van der Waals surface area contributed by atoms with Crippen LogP contribution < -0.4 is 0 Å². The molecule has 0 spiro atoms. The molecule has 1 amide bonds. The fourth-order valence-corrected chi connectivity index (χ4v) is 3.08. The molecule has 0 bridgehead atoms. The molecule has 1 unspecified atom stereocenters. The molecule has 13 heteroatoms. The topological polar surface area (TPSA) is 162 Å². The van der Waals surface area contributed by atoms with Crippen LogP contribution in [-0.4, -0.2) is 149 Å². The molecule has 1 aliphatic rings. The maximum Gasteiger partial charge on any atom is 0.317 e. The number of carboxylic acids is 3. The quantitative estimate of drug-likeness (QED) is 0.314. The predicted molar refractivity (Wildman–Crippen MR) is 101 cm³/mol. The lowest BCUT2D eigenvalue weighted by Gasteiger charge is -2.33. The Kier molecular flexibility index (Phi) is 11.2. The van der Waals surface area contributed by atoms with Gasteiger partial charge in [-0.15, -0.1) is 0 Å². The number of aliphatic hydroxyl groups excluding tert-OH is 1. The van der Waals surface area contributed by atoms with E-state index in [-0.39, 0.29) is 72.0 Å². The molecule has 1 rings (SSSR count). The van der Waals surface area contributed by atoms with Gasteiger partial charge in [0.15, 0.2) is 6.10 Å². The number of hydrogen-bond donors (Lipinski definition) is 4. The van der Waals surface area contributed by atoms with Gasteiger partial charge < -0.3 is 25.3 Å². The summed E-state index contributed by atoms with van der Waals surface area (Å²) in [5.74, 6) is -4.11. The van der Waals surface area contributed by atoms with E-state index >= 15 is 0 Å². The highest BCUT2D eigenvalue weighted by Crippen LogP contribution is 2.03. The van der Waals surface area contributed by atoms with E-state index in [1.165, 1.54) is 14.7 Å². The number of carbonyl (C=O) groups excluding carboxylic acids is 1. The number of hydrogen-bond acceptors (Lipinski definition) is 8. The van der Waals surface area contributed by atoms with E-state index in [9.17, 15) is 28.7 Å². The Labute approximate surface area is 173 Å². The second kappa shape index (κ2) is 13.1. The molecule has 30 heavy (non-hydrogen) atoms. The van der Waals surface area contributed by atoms with Gasteiger partial charge in [-0.25, -0.2) is 4.39 Å². The van der Waals surface area contributed by atoms with Crippen LogP contribution in [0.2, 0.25) is 0 Å². The summed E-state index contributed by atoms with van der Waals surface area (Å²) in [6.45, 7) is -1.15. The summed E-state index contributed by atoms with van der Waals surface area (Å²) in [6, 6.07) is 0. The Morgan fingerprint density at radius 2 is 0.967 bits per heavy atom. The molecule has 1 aliphatic heterocycles. The Morgan fingerprint density at radius 1 is 0.667 bits per heavy atom. The van der Waals surface area contributed by atoms with Crippen LogP contribution in [0.25, 0.3) is 0 Å². The van der Waals surface area contributed by atoms with E-state index in [0.29, 0.717) is 0 Å². The molecule has 0 aromatic carbocycles. The number of carbonyl (C=O) groups is 4. The number of alkyl halides is 1. The van der Waals surface area contributed by atoms with Crippen LogP contribution in [0, 0.1) is 0 Å². The minimum absolute atomic E-state index is 0.00299. The fourth-order valence-electron chi connectivity index (χ4n) is 3.08. The molecular formula is C17H29FN4O8. The third-order valence-electron chi connectivity index (χ3n) is 4.66. The van der Waals surface area contributed by atoms with E-state index in [2.05, 4.69) is 0 Å². The van der Waals surface area contributed by atoms with Crippen molar-refractivity contribution in [3.63, 3.8) is 0 Å². The number of nitrogens with zero attached hydrogens (tertiary/aromatic N) is 4. The first-order valence-electron chi connectivity index (χ1n) is 9.47. The summed E-state index contributed by atoms with van der Waals surface area (Å²) < 4.78 is 12.8. The second-order valence-electron chi connectivity index (χ2n) is 7.01. The van der Waals surface area contributed by atoms with Crippen LogP contribution in [0.3, 0.4) is 0 Å². The number of carboxylic acid groups (broad SMARTS) is 3. The van der Waals surface area contributed by atoms with Crippen LogP contribution in [0.15, 0.2) is 0 Å². The van der Waals surface area contributed by atoms with Crippen molar-refractivity contribution < 1.29 is 44.0 Å². The lowest BCUT2D eigenvalue weighted by atomic mass is 10.2. The molecule has 0 aromatic heterocycles. The van der Waals surface area contributed by atoms with Gasteiger partial charge >= 0.3 is 17.9 Å². The normalized spacial score (nSPS) is 19.5. The number of amides is 1. The van der Waals surface area contributed by atoms with Crippen LogP contribution in [0.4, 0.5) is 4.39 Å². The molecule has 1 fully saturated rings. The van der Waals surface area contributed by atoms with Gasteiger partial charge in [-0.2, -0.15) is 0 Å². The summed E-state index contributed by atoms with van der Waals surface area (Å²) in [4.78, 5) is 51.5. The highest BCUT2D eigenvalue weighted by Gasteiger charge is 2.25. The van der Waals surface area contributed by atoms with Gasteiger partial charge in [0.25, 0.3) is 5.91 Å². The monoisotopic (exact) mass is 436 g/mol. The van der Waals surface area contributed by atoms with Crippen molar-refractivity contribution in [1.29, 1.82) is 0 Å². The first-order valence-corrected chi connectivity index (χ1v) is 9.47. The number of aliphatic carboxylic acids is 3. The van der Waals surface area contributed by atoms with E-state index in [1.807, 2.05) is 0 Å². The van der Waals surface area contributed by atoms with Crippen molar-refractivity contribution in [1.82, 2.24) is 19.6 Å². The zero-order valence-corrected chi connectivity index (χ0v) is 16.7. The predicted octanol–water partition coefficient (Wildman–Crippen LogP) is -2.68. The van der Waals surface area contributed by atoms with Crippen LogP contribution in [0.1, 0.15) is 0 Å². The zero-order valence-electron chi connectivity index (χ0n) is 16.7. The first-order chi connectivity index (χ1) is 14.1. The minimum atomic E-state index is -1.84. The SMILES string of the molecule is O=C(O)CN1CCN(CC(=O)O)CCN(C(=O)C(O)CF)CCN(CC(=O)O)CC1. The average molecular weight is 436 g/mol. The smallest absolute Gasteiger partial charge is 0.317 e. The molecule has 1 saturated heterocycles. The first kappa shape index (κ1) is 25.7. The molecule has 0 aromatic rings. The van der Waals surface area contributed by atoms with Crippen molar-refractivity contribution >= 4 is 23.8 Å². The summed E-state index contributed by atoms with van der Waals surface area (Å²) in [5.41, 5.74) is 0. The Morgan fingerprint density at radius 3 is 1.23 bits per heavy atom. The Hall–Kier alpha value is -2.35. The van der Waals surface area contributed by atoms with Crippen molar-refractivity contribution in [2.45, 2.75) is 6.10 Å². The Bertz CT molecular complexity index is 576. The molecule has 12 nitrogen and oxygen atoms in total. The molecule has 1 atom stereocenters. The van der Waals surface area contributed by atoms with E-state index in [1.54, 1.807) is 4.90 Å². The van der Waals surface area contributed by atoms with E-state index < -0.39 is 36.6 Å². The van der Waals surface area contributed by atoms with Gasteiger partial charge in [0, 0.05) is 52.4 Å². The summed E-state index contributed by atoms with van der Waals surface area (Å²) in [6.07, 6.45) is -1.84. The van der Waals surface area contributed by atoms with Gasteiger partial charge in [-0.05, 0) is 0 Å². The lowest BCUT2D eigenvalue weighted by Crippen LogP contribution is -2.51. The van der Waals surface area contributed by atoms with Gasteiger partial charge in [-0.1, -0.05) is 0 Å². The largest absolute Gasteiger partial charge is 0.480 e. The third-order valence-corrected chi connectivity index (χ3v) is 4.66. The highest BCUT2D eigenvalue weighted by molar-refractivity contribution is 5.80. The maximum absolute atomic E-state index is 12.8. The van der Waals surface area contributed by atoms with Crippen LogP contribution in [0.5, 0.6) is 0 Å². The zero-order chi connectivity index (χ0) is 22.7. The van der Waals surface area contributed by atoms with Crippen LogP contribution in [-0.2, 0) is 19.2 Å². The summed E-state index contributed by atoms with van der Waals surface area (Å²) in [7, 11) is 0. The average Bonchev–Trinajstić information content (AvgIpc) is 2.65. The van der Waals surface area contributed by atoms with Crippen molar-refractivity contribution in [2.75, 3.05) is 78.7 Å². The van der Waals surface area contributed by atoms with Crippen molar-refractivity contribution in [3.05, 3.63) is 0 Å². The lowest BCUT2D eigenvalue weighted by molar-refractivity contribution is -0.143. The van der Waals surface area contributed by atoms with Crippen LogP contribution >= 0.6 is 0 Å². The number of rotatable bonds is 8.